The largest absolute Gasteiger partial charge is 0.502 e. The monoisotopic (exact) mass is 242 g/mol. The van der Waals surface area contributed by atoms with Crippen LogP contribution in [0.1, 0.15) is 12.8 Å². The lowest BCUT2D eigenvalue weighted by Gasteiger charge is -2.26. The Bertz CT molecular complexity index is 272. The first kappa shape index (κ1) is 15.0. The van der Waals surface area contributed by atoms with E-state index in [1.807, 2.05) is 0 Å². The normalized spacial score (nSPS) is 10.4. The van der Waals surface area contributed by atoms with Gasteiger partial charge in [-0.3, -0.25) is 9.59 Å². The second-order valence-corrected chi connectivity index (χ2v) is 3.39. The molecule has 0 aliphatic carbocycles. The third-order valence-electron chi connectivity index (χ3n) is 2.47. The number of hydrogen-bond acceptors (Lipinski definition) is 4. The van der Waals surface area contributed by atoms with Crippen molar-refractivity contribution in [3.63, 3.8) is 0 Å². The van der Waals surface area contributed by atoms with Crippen LogP contribution in [-0.2, 0) is 19.1 Å². The van der Waals surface area contributed by atoms with Crippen molar-refractivity contribution in [3.05, 3.63) is 25.7 Å². The van der Waals surface area contributed by atoms with Gasteiger partial charge in [0.05, 0.1) is 25.7 Å². The quantitative estimate of drug-likeness (QED) is 0.320. The van der Waals surface area contributed by atoms with Crippen LogP contribution in [0.4, 0.5) is 0 Å². The second kappa shape index (κ2) is 7.32. The first-order chi connectivity index (χ1) is 8.01. The Morgan fingerprint density at radius 1 is 1.00 bits per heavy atom. The molecule has 0 saturated heterocycles. The molecule has 96 valence electrons. The molecule has 0 heterocycles. The van der Waals surface area contributed by atoms with Crippen LogP contribution in [0.25, 0.3) is 0 Å². The molecule has 0 rings (SSSR count). The van der Waals surface area contributed by atoms with Crippen molar-refractivity contribution in [3.8, 4) is 0 Å². The molecule has 0 aliphatic rings. The van der Waals surface area contributed by atoms with E-state index in [4.69, 9.17) is 20.9 Å². The van der Waals surface area contributed by atoms with Crippen LogP contribution in [0.3, 0.4) is 0 Å². The van der Waals surface area contributed by atoms with E-state index in [1.165, 1.54) is 12.5 Å². The zero-order valence-corrected chi connectivity index (χ0v) is 9.69. The van der Waals surface area contributed by atoms with Gasteiger partial charge in [0.2, 0.25) is 11.8 Å². The molecule has 0 spiro atoms. The summed E-state index contributed by atoms with van der Waals surface area (Å²) in [7, 11) is 0. The van der Waals surface area contributed by atoms with Gasteiger partial charge in [0.1, 0.15) is 5.41 Å². The van der Waals surface area contributed by atoms with Gasteiger partial charge in [0, 0.05) is 12.8 Å². The van der Waals surface area contributed by atoms with Crippen molar-refractivity contribution in [2.24, 2.45) is 16.9 Å². The molecule has 0 fully saturated rings. The Hall–Kier alpha value is -1.98. The third-order valence-corrected chi connectivity index (χ3v) is 2.47. The highest BCUT2D eigenvalue weighted by molar-refractivity contribution is 6.03. The first-order valence-corrected chi connectivity index (χ1v) is 5.06. The fraction of sp³-hybridized carbons (Fsp3) is 0.455. The number of carbonyl (C=O) groups excluding carboxylic acids is 2. The van der Waals surface area contributed by atoms with E-state index in [-0.39, 0.29) is 26.1 Å². The average molecular weight is 242 g/mol. The molecule has 4 N–H and O–H groups in total. The van der Waals surface area contributed by atoms with Gasteiger partial charge in [-0.15, -0.1) is 0 Å². The Labute approximate surface area is 100 Å². The van der Waals surface area contributed by atoms with Gasteiger partial charge >= 0.3 is 0 Å². The highest BCUT2D eigenvalue weighted by atomic mass is 16.5. The molecule has 0 unspecified atom stereocenters. The van der Waals surface area contributed by atoms with Crippen LogP contribution in [0.2, 0.25) is 0 Å². The van der Waals surface area contributed by atoms with Crippen molar-refractivity contribution in [2.45, 2.75) is 12.8 Å². The van der Waals surface area contributed by atoms with Crippen LogP contribution >= 0.6 is 0 Å². The van der Waals surface area contributed by atoms with Gasteiger partial charge in [-0.1, -0.05) is 13.2 Å². The summed E-state index contributed by atoms with van der Waals surface area (Å²) >= 11 is 0. The summed E-state index contributed by atoms with van der Waals surface area (Å²) in [6.07, 6.45) is 2.61. The minimum atomic E-state index is -1.47. The molecule has 0 radical (unpaired) electrons. The highest BCUT2D eigenvalue weighted by Crippen LogP contribution is 2.26. The van der Waals surface area contributed by atoms with Gasteiger partial charge in [0.15, 0.2) is 0 Å². The second-order valence-electron chi connectivity index (χ2n) is 3.39. The number of hydrogen-bond donors (Lipinski definition) is 2. The van der Waals surface area contributed by atoms with Crippen LogP contribution in [0.15, 0.2) is 25.7 Å². The van der Waals surface area contributed by atoms with E-state index in [0.29, 0.717) is 0 Å². The van der Waals surface area contributed by atoms with E-state index in [2.05, 4.69) is 13.2 Å². The lowest BCUT2D eigenvalue weighted by Crippen LogP contribution is -2.49. The molecule has 0 saturated carbocycles. The zero-order chi connectivity index (χ0) is 13.3. The van der Waals surface area contributed by atoms with Crippen LogP contribution in [0.5, 0.6) is 0 Å². The zero-order valence-electron chi connectivity index (χ0n) is 9.69. The molecule has 6 nitrogen and oxygen atoms in total. The summed E-state index contributed by atoms with van der Waals surface area (Å²) in [6, 6.07) is 0. The summed E-state index contributed by atoms with van der Waals surface area (Å²) in [4.78, 5) is 22.8. The van der Waals surface area contributed by atoms with Crippen molar-refractivity contribution in [1.82, 2.24) is 0 Å². The Morgan fingerprint density at radius 2 is 1.35 bits per heavy atom. The van der Waals surface area contributed by atoms with E-state index in [0.717, 1.165) is 0 Å². The summed E-state index contributed by atoms with van der Waals surface area (Å²) in [5, 5.41) is 0. The van der Waals surface area contributed by atoms with E-state index >= 15 is 0 Å². The van der Waals surface area contributed by atoms with Crippen LogP contribution in [-0.4, -0.2) is 25.0 Å². The van der Waals surface area contributed by atoms with Gasteiger partial charge < -0.3 is 20.9 Å². The van der Waals surface area contributed by atoms with E-state index in [9.17, 15) is 9.59 Å². The Kier molecular flexibility index (Phi) is 6.47. The van der Waals surface area contributed by atoms with Crippen molar-refractivity contribution in [1.29, 1.82) is 0 Å². The summed E-state index contributed by atoms with van der Waals surface area (Å²) < 4.78 is 9.77. The van der Waals surface area contributed by atoms with Crippen molar-refractivity contribution >= 4 is 11.8 Å². The first-order valence-electron chi connectivity index (χ1n) is 5.06. The summed E-state index contributed by atoms with van der Waals surface area (Å²) in [6.45, 7) is 6.96. The maximum atomic E-state index is 11.4. The number of ether oxygens (including phenoxy) is 2. The lowest BCUT2D eigenvalue weighted by atomic mass is 9.80. The predicted molar refractivity (Wildman–Crippen MR) is 62.4 cm³/mol. The minimum absolute atomic E-state index is 0.0875. The number of carbonyl (C=O) groups is 2. The molecule has 0 aromatic heterocycles. The number of nitrogens with two attached hydrogens (primary N) is 2. The van der Waals surface area contributed by atoms with Gasteiger partial charge in [0.25, 0.3) is 0 Å². The SMILES string of the molecule is C=COCCC(CCOC=C)(C(N)=O)C(N)=O. The Morgan fingerprint density at radius 3 is 1.59 bits per heavy atom. The number of amides is 2. The van der Waals surface area contributed by atoms with Crippen molar-refractivity contribution < 1.29 is 19.1 Å². The molecule has 0 bridgehead atoms. The minimum Gasteiger partial charge on any atom is -0.502 e. The van der Waals surface area contributed by atoms with Gasteiger partial charge in [-0.2, -0.15) is 0 Å². The van der Waals surface area contributed by atoms with E-state index in [1.54, 1.807) is 0 Å². The van der Waals surface area contributed by atoms with Gasteiger partial charge in [-0.25, -0.2) is 0 Å². The van der Waals surface area contributed by atoms with Crippen LogP contribution < -0.4 is 11.5 Å². The number of primary amides is 2. The molecule has 17 heavy (non-hydrogen) atoms. The van der Waals surface area contributed by atoms with Gasteiger partial charge in [-0.05, 0) is 0 Å². The third kappa shape index (κ3) is 4.18. The maximum absolute atomic E-state index is 11.4. The molecular formula is C11H18N2O4. The molecule has 6 heteroatoms. The molecule has 2 amide bonds. The smallest absolute Gasteiger partial charge is 0.233 e. The summed E-state index contributed by atoms with van der Waals surface area (Å²) in [5.74, 6) is -1.57. The molecule has 0 aromatic carbocycles. The fourth-order valence-corrected chi connectivity index (χ4v) is 1.37. The standard InChI is InChI=1S/C11H18N2O4/c1-3-16-7-5-11(9(12)14,10(13)15)6-8-17-4-2/h3-4H,1-2,5-8H2,(H2,12,14)(H2,13,15). The summed E-state index contributed by atoms with van der Waals surface area (Å²) in [5.41, 5.74) is 9.00. The maximum Gasteiger partial charge on any atom is 0.233 e. The average Bonchev–Trinajstić information content (AvgIpc) is 2.26. The van der Waals surface area contributed by atoms with E-state index < -0.39 is 17.2 Å². The molecule has 0 atom stereocenters. The molecular weight excluding hydrogens is 224 g/mol. The number of rotatable bonds is 10. The molecule has 0 aromatic rings. The predicted octanol–water partition coefficient (Wildman–Crippen LogP) is 0.0438. The highest BCUT2D eigenvalue weighted by Gasteiger charge is 2.42. The van der Waals surface area contributed by atoms with Crippen LogP contribution in [0, 0.1) is 5.41 Å². The topological polar surface area (TPSA) is 105 Å². The lowest BCUT2D eigenvalue weighted by molar-refractivity contribution is -0.142. The Balaban J connectivity index is 4.73. The molecule has 0 aliphatic heterocycles. The van der Waals surface area contributed by atoms with Crippen molar-refractivity contribution in [2.75, 3.05) is 13.2 Å². The fourth-order valence-electron chi connectivity index (χ4n) is 1.37.